The lowest BCUT2D eigenvalue weighted by Gasteiger charge is -2.27. The SMILES string of the molecule is CC(C)[C@@](C)(C#N)NC(=O)COc1ccc2ccc(=O)oc2c1. The molecule has 0 unspecified atom stereocenters. The number of nitrogens with zero attached hydrogens (tertiary/aromatic N) is 1. The second-order valence-corrected chi connectivity index (χ2v) is 5.76. The van der Waals surface area contributed by atoms with Gasteiger partial charge in [-0.15, -0.1) is 0 Å². The van der Waals surface area contributed by atoms with E-state index < -0.39 is 17.1 Å². The molecule has 0 bridgehead atoms. The Balaban J connectivity index is 2.05. The first-order chi connectivity index (χ1) is 10.8. The molecule has 1 heterocycles. The van der Waals surface area contributed by atoms with Crippen LogP contribution in [-0.2, 0) is 4.79 Å². The standard InChI is InChI=1S/C17H18N2O4/c1-11(2)17(3,10-18)19-15(20)9-22-13-6-4-12-5-7-16(21)23-14(12)8-13/h4-8,11H,9H2,1-3H3,(H,19,20)/t17-/m1/s1. The zero-order valence-corrected chi connectivity index (χ0v) is 13.3. The molecule has 0 aliphatic carbocycles. The summed E-state index contributed by atoms with van der Waals surface area (Å²) < 4.78 is 10.5. The number of benzene rings is 1. The Kier molecular flexibility index (Phi) is 4.70. The predicted molar refractivity (Wildman–Crippen MR) is 85.0 cm³/mol. The van der Waals surface area contributed by atoms with Crippen molar-refractivity contribution in [2.45, 2.75) is 26.3 Å². The highest BCUT2D eigenvalue weighted by atomic mass is 16.5. The van der Waals surface area contributed by atoms with Crippen LogP contribution in [0.4, 0.5) is 0 Å². The molecular weight excluding hydrogens is 296 g/mol. The van der Waals surface area contributed by atoms with Gasteiger partial charge in [0.2, 0.25) is 0 Å². The molecule has 1 aromatic heterocycles. The van der Waals surface area contributed by atoms with Gasteiger partial charge in [0.1, 0.15) is 16.9 Å². The number of rotatable bonds is 5. The fourth-order valence-electron chi connectivity index (χ4n) is 1.91. The maximum Gasteiger partial charge on any atom is 0.336 e. The van der Waals surface area contributed by atoms with Gasteiger partial charge in [0.25, 0.3) is 5.91 Å². The molecule has 6 heteroatoms. The Hall–Kier alpha value is -2.81. The molecule has 0 spiro atoms. The van der Waals surface area contributed by atoms with Crippen molar-refractivity contribution in [3.05, 3.63) is 40.8 Å². The van der Waals surface area contributed by atoms with E-state index in [4.69, 9.17) is 9.15 Å². The van der Waals surface area contributed by atoms with Gasteiger partial charge in [-0.05, 0) is 31.0 Å². The van der Waals surface area contributed by atoms with E-state index in [2.05, 4.69) is 11.4 Å². The third-order valence-corrected chi connectivity index (χ3v) is 3.75. The summed E-state index contributed by atoms with van der Waals surface area (Å²) in [5.41, 5.74) is -1.01. The maximum absolute atomic E-state index is 12.0. The van der Waals surface area contributed by atoms with E-state index in [1.807, 2.05) is 13.8 Å². The van der Waals surface area contributed by atoms with Crippen LogP contribution in [0.3, 0.4) is 0 Å². The molecule has 23 heavy (non-hydrogen) atoms. The molecule has 120 valence electrons. The lowest BCUT2D eigenvalue weighted by Crippen LogP contribution is -2.50. The number of hydrogen-bond acceptors (Lipinski definition) is 5. The molecule has 1 atom stereocenters. The second kappa shape index (κ2) is 6.53. The smallest absolute Gasteiger partial charge is 0.336 e. The normalized spacial score (nSPS) is 13.3. The summed E-state index contributed by atoms with van der Waals surface area (Å²) in [6.07, 6.45) is 0. The van der Waals surface area contributed by atoms with E-state index in [0.29, 0.717) is 11.3 Å². The highest BCUT2D eigenvalue weighted by molar-refractivity contribution is 5.80. The van der Waals surface area contributed by atoms with E-state index in [1.165, 1.54) is 6.07 Å². The molecule has 1 aromatic carbocycles. The van der Waals surface area contributed by atoms with Crippen molar-refractivity contribution < 1.29 is 13.9 Å². The van der Waals surface area contributed by atoms with Gasteiger partial charge in [0.15, 0.2) is 6.61 Å². The first kappa shape index (κ1) is 16.6. The van der Waals surface area contributed by atoms with Gasteiger partial charge in [-0.2, -0.15) is 5.26 Å². The van der Waals surface area contributed by atoms with Crippen LogP contribution in [0.2, 0.25) is 0 Å². The van der Waals surface area contributed by atoms with Gasteiger partial charge < -0.3 is 14.5 Å². The number of carbonyl (C=O) groups excluding carboxylic acids is 1. The summed E-state index contributed by atoms with van der Waals surface area (Å²) >= 11 is 0. The molecule has 0 saturated carbocycles. The summed E-state index contributed by atoms with van der Waals surface area (Å²) in [4.78, 5) is 23.2. The van der Waals surface area contributed by atoms with Crippen LogP contribution in [0.5, 0.6) is 5.75 Å². The molecule has 2 rings (SSSR count). The van der Waals surface area contributed by atoms with Crippen LogP contribution >= 0.6 is 0 Å². The van der Waals surface area contributed by atoms with E-state index >= 15 is 0 Å². The van der Waals surface area contributed by atoms with Crippen LogP contribution in [0, 0.1) is 17.2 Å². The Labute approximate surface area is 133 Å². The number of nitriles is 1. The van der Waals surface area contributed by atoms with Gasteiger partial charge in [-0.25, -0.2) is 4.79 Å². The fourth-order valence-corrected chi connectivity index (χ4v) is 1.91. The summed E-state index contributed by atoms with van der Waals surface area (Å²) in [5.74, 6) is -0.0195. The van der Waals surface area contributed by atoms with E-state index in [-0.39, 0.29) is 12.5 Å². The van der Waals surface area contributed by atoms with Crippen LogP contribution in [0.25, 0.3) is 11.0 Å². The monoisotopic (exact) mass is 314 g/mol. The third-order valence-electron chi connectivity index (χ3n) is 3.75. The number of nitrogens with one attached hydrogen (secondary N) is 1. The minimum absolute atomic E-state index is 0.0357. The van der Waals surface area contributed by atoms with E-state index in [9.17, 15) is 14.9 Å². The van der Waals surface area contributed by atoms with Crippen molar-refractivity contribution in [3.8, 4) is 11.8 Å². The van der Waals surface area contributed by atoms with Crippen molar-refractivity contribution >= 4 is 16.9 Å². The zero-order chi connectivity index (χ0) is 17.0. The molecule has 0 fully saturated rings. The first-order valence-corrected chi connectivity index (χ1v) is 7.23. The van der Waals surface area contributed by atoms with E-state index in [0.717, 1.165) is 5.39 Å². The lowest BCUT2D eigenvalue weighted by molar-refractivity contribution is -0.124. The highest BCUT2D eigenvalue weighted by Gasteiger charge is 2.29. The van der Waals surface area contributed by atoms with Gasteiger partial charge in [0, 0.05) is 17.5 Å². The number of fused-ring (bicyclic) bond motifs is 1. The fraction of sp³-hybridized carbons (Fsp3) is 0.353. The Morgan fingerprint density at radius 2 is 2.09 bits per heavy atom. The zero-order valence-electron chi connectivity index (χ0n) is 13.3. The third kappa shape index (κ3) is 3.89. The molecule has 2 aromatic rings. The predicted octanol–water partition coefficient (Wildman–Crippen LogP) is 2.23. The molecular formula is C17H18N2O4. The molecule has 6 nitrogen and oxygen atoms in total. The van der Waals surface area contributed by atoms with Gasteiger partial charge in [0.05, 0.1) is 6.07 Å². The summed E-state index contributed by atoms with van der Waals surface area (Å²) in [5, 5.41) is 12.6. The average Bonchev–Trinajstić information content (AvgIpc) is 2.52. The molecule has 1 amide bonds. The number of carbonyl (C=O) groups is 1. The Morgan fingerprint density at radius 1 is 1.39 bits per heavy atom. The van der Waals surface area contributed by atoms with Gasteiger partial charge in [-0.1, -0.05) is 13.8 Å². The van der Waals surface area contributed by atoms with Crippen molar-refractivity contribution in [1.82, 2.24) is 5.32 Å². The average molecular weight is 314 g/mol. The van der Waals surface area contributed by atoms with Crippen molar-refractivity contribution in [2.75, 3.05) is 6.61 Å². The summed E-state index contributed by atoms with van der Waals surface area (Å²) in [6.45, 7) is 5.15. The quantitative estimate of drug-likeness (QED) is 0.854. The van der Waals surface area contributed by atoms with Crippen LogP contribution in [-0.4, -0.2) is 18.1 Å². The largest absolute Gasteiger partial charge is 0.484 e. The first-order valence-electron chi connectivity index (χ1n) is 7.23. The molecule has 0 radical (unpaired) electrons. The van der Waals surface area contributed by atoms with Crippen molar-refractivity contribution in [2.24, 2.45) is 5.92 Å². The lowest BCUT2D eigenvalue weighted by atomic mass is 9.90. The number of amides is 1. The van der Waals surface area contributed by atoms with Crippen LogP contribution < -0.4 is 15.7 Å². The molecule has 0 aliphatic rings. The van der Waals surface area contributed by atoms with Crippen molar-refractivity contribution in [1.29, 1.82) is 5.26 Å². The topological polar surface area (TPSA) is 92.3 Å². The molecule has 0 aliphatic heterocycles. The minimum Gasteiger partial charge on any atom is -0.484 e. The van der Waals surface area contributed by atoms with E-state index in [1.54, 1.807) is 31.2 Å². The van der Waals surface area contributed by atoms with Crippen LogP contribution in [0.1, 0.15) is 20.8 Å². The van der Waals surface area contributed by atoms with Crippen LogP contribution in [0.15, 0.2) is 39.5 Å². The highest BCUT2D eigenvalue weighted by Crippen LogP contribution is 2.19. The Bertz CT molecular complexity index is 819. The minimum atomic E-state index is -0.948. The number of ether oxygens (including phenoxy) is 1. The number of hydrogen-bond donors (Lipinski definition) is 1. The molecule has 1 N–H and O–H groups in total. The maximum atomic E-state index is 12.0. The molecule has 0 saturated heterocycles. The summed E-state index contributed by atoms with van der Waals surface area (Å²) in [7, 11) is 0. The van der Waals surface area contributed by atoms with Gasteiger partial charge >= 0.3 is 5.63 Å². The van der Waals surface area contributed by atoms with Gasteiger partial charge in [-0.3, -0.25) is 4.79 Å². The second-order valence-electron chi connectivity index (χ2n) is 5.76. The summed E-state index contributed by atoms with van der Waals surface area (Å²) in [6, 6.07) is 10.1. The Morgan fingerprint density at radius 3 is 2.74 bits per heavy atom. The van der Waals surface area contributed by atoms with Crippen molar-refractivity contribution in [3.63, 3.8) is 0 Å².